The number of hydrogen-bond donors (Lipinski definition) is 0. The van der Waals surface area contributed by atoms with Gasteiger partial charge in [0.15, 0.2) is 0 Å². The van der Waals surface area contributed by atoms with Crippen LogP contribution in [0.1, 0.15) is 19.8 Å². The summed E-state index contributed by atoms with van der Waals surface area (Å²) in [4.78, 5) is 14.9. The maximum absolute atomic E-state index is 6.02. The Kier molecular flexibility index (Phi) is 4.31. The van der Waals surface area contributed by atoms with Crippen molar-refractivity contribution in [1.29, 1.82) is 0 Å². The lowest BCUT2D eigenvalue weighted by atomic mass is 10.1. The summed E-state index contributed by atoms with van der Waals surface area (Å²) in [6.07, 6.45) is 5.77. The first-order valence-corrected chi connectivity index (χ1v) is 7.42. The van der Waals surface area contributed by atoms with Gasteiger partial charge in [0.25, 0.3) is 5.95 Å². The van der Waals surface area contributed by atoms with Crippen molar-refractivity contribution >= 4 is 17.5 Å². The fraction of sp³-hybridized carbons (Fsp3) is 0.538. The van der Waals surface area contributed by atoms with Gasteiger partial charge in [0, 0.05) is 32.1 Å². The Morgan fingerprint density at radius 2 is 2.19 bits per heavy atom. The Morgan fingerprint density at radius 1 is 1.33 bits per heavy atom. The molecular weight excluding hydrogens is 292 g/mol. The molecule has 0 saturated carbocycles. The summed E-state index contributed by atoms with van der Waals surface area (Å²) < 4.78 is 7.27. The van der Waals surface area contributed by atoms with E-state index in [2.05, 4.69) is 25.0 Å². The number of rotatable bonds is 4. The number of hydrogen-bond acceptors (Lipinski definition) is 6. The zero-order chi connectivity index (χ0) is 14.7. The highest BCUT2D eigenvalue weighted by molar-refractivity contribution is 6.28. The lowest BCUT2D eigenvalue weighted by molar-refractivity contribution is 0.0523. The first-order valence-electron chi connectivity index (χ1n) is 7.04. The van der Waals surface area contributed by atoms with Crippen molar-refractivity contribution < 1.29 is 4.74 Å². The molecule has 0 radical (unpaired) electrons. The lowest BCUT2D eigenvalue weighted by Gasteiger charge is -2.32. The smallest absolute Gasteiger partial charge is 0.256 e. The first kappa shape index (κ1) is 14.2. The van der Waals surface area contributed by atoms with E-state index in [-0.39, 0.29) is 11.4 Å². The maximum atomic E-state index is 6.02. The zero-order valence-corrected chi connectivity index (χ0v) is 12.6. The molecule has 3 rings (SSSR count). The van der Waals surface area contributed by atoms with E-state index in [0.717, 1.165) is 32.5 Å². The van der Waals surface area contributed by atoms with Crippen molar-refractivity contribution in [2.24, 2.45) is 0 Å². The van der Waals surface area contributed by atoms with Crippen LogP contribution in [0.25, 0.3) is 5.95 Å². The summed E-state index contributed by atoms with van der Waals surface area (Å²) in [6, 6.07) is 1.81. The number of ether oxygens (including phenoxy) is 1. The van der Waals surface area contributed by atoms with Gasteiger partial charge in [-0.25, -0.2) is 4.68 Å². The molecule has 0 bridgehead atoms. The molecule has 0 N–H and O–H groups in total. The third-order valence-corrected chi connectivity index (χ3v) is 3.53. The monoisotopic (exact) mass is 308 g/mol. The van der Waals surface area contributed by atoms with Crippen LogP contribution in [0.4, 0.5) is 5.95 Å². The minimum absolute atomic E-state index is 0.170. The molecule has 1 saturated heterocycles. The highest BCUT2D eigenvalue weighted by Gasteiger charge is 2.23. The Bertz CT molecular complexity index is 588. The molecule has 1 fully saturated rings. The van der Waals surface area contributed by atoms with Gasteiger partial charge >= 0.3 is 0 Å². The minimum Gasteiger partial charge on any atom is -0.377 e. The number of nitrogens with zero attached hydrogens (tertiary/aromatic N) is 6. The van der Waals surface area contributed by atoms with Crippen LogP contribution in [-0.2, 0) is 4.74 Å². The molecule has 112 valence electrons. The quantitative estimate of drug-likeness (QED) is 0.856. The van der Waals surface area contributed by atoms with Crippen molar-refractivity contribution in [3.05, 3.63) is 23.7 Å². The van der Waals surface area contributed by atoms with E-state index in [1.165, 1.54) is 0 Å². The summed E-state index contributed by atoms with van der Waals surface area (Å²) in [6.45, 7) is 4.39. The van der Waals surface area contributed by atoms with Crippen LogP contribution in [0.15, 0.2) is 18.5 Å². The molecule has 0 aromatic carbocycles. The van der Waals surface area contributed by atoms with Gasteiger partial charge in [-0.1, -0.05) is 0 Å². The molecule has 7 nitrogen and oxygen atoms in total. The molecule has 2 aromatic rings. The normalized spacial score (nSPS) is 19.0. The molecule has 1 unspecified atom stereocenters. The predicted octanol–water partition coefficient (Wildman–Crippen LogP) is 1.72. The van der Waals surface area contributed by atoms with Crippen LogP contribution in [0.3, 0.4) is 0 Å². The van der Waals surface area contributed by atoms with Crippen molar-refractivity contribution in [2.45, 2.75) is 25.9 Å². The van der Waals surface area contributed by atoms with Crippen LogP contribution in [-0.4, -0.2) is 50.5 Å². The van der Waals surface area contributed by atoms with Crippen LogP contribution in [0, 0.1) is 0 Å². The van der Waals surface area contributed by atoms with E-state index in [1.807, 2.05) is 13.0 Å². The molecule has 8 heteroatoms. The Labute approximate surface area is 127 Å². The van der Waals surface area contributed by atoms with Crippen LogP contribution in [0.2, 0.25) is 5.28 Å². The van der Waals surface area contributed by atoms with Gasteiger partial charge in [0.1, 0.15) is 0 Å². The van der Waals surface area contributed by atoms with Gasteiger partial charge < -0.3 is 9.64 Å². The maximum Gasteiger partial charge on any atom is 0.256 e. The van der Waals surface area contributed by atoms with E-state index in [0.29, 0.717) is 11.9 Å². The van der Waals surface area contributed by atoms with Gasteiger partial charge in [-0.2, -0.15) is 20.1 Å². The van der Waals surface area contributed by atoms with Crippen molar-refractivity contribution in [3.8, 4) is 5.95 Å². The zero-order valence-electron chi connectivity index (χ0n) is 11.8. The van der Waals surface area contributed by atoms with Crippen molar-refractivity contribution in [1.82, 2.24) is 24.7 Å². The van der Waals surface area contributed by atoms with Crippen molar-refractivity contribution in [3.63, 3.8) is 0 Å². The molecule has 0 amide bonds. The van der Waals surface area contributed by atoms with Gasteiger partial charge in [0.05, 0.1) is 6.10 Å². The third-order valence-electron chi connectivity index (χ3n) is 3.36. The fourth-order valence-corrected chi connectivity index (χ4v) is 2.60. The van der Waals surface area contributed by atoms with E-state index in [9.17, 15) is 0 Å². The molecule has 2 aromatic heterocycles. The summed E-state index contributed by atoms with van der Waals surface area (Å²) >= 11 is 6.02. The van der Waals surface area contributed by atoms with Gasteiger partial charge in [-0.15, -0.1) is 0 Å². The van der Waals surface area contributed by atoms with E-state index in [1.54, 1.807) is 17.1 Å². The Hall–Kier alpha value is -1.73. The second kappa shape index (κ2) is 6.36. The lowest BCUT2D eigenvalue weighted by Crippen LogP contribution is -2.40. The molecule has 1 aliphatic rings. The summed E-state index contributed by atoms with van der Waals surface area (Å²) in [5.74, 6) is 0.999. The van der Waals surface area contributed by atoms with Crippen molar-refractivity contribution in [2.75, 3.05) is 24.6 Å². The molecule has 1 atom stereocenters. The highest BCUT2D eigenvalue weighted by Crippen LogP contribution is 2.20. The number of halogens is 1. The second-order valence-corrected chi connectivity index (χ2v) is 5.16. The molecule has 3 heterocycles. The summed E-state index contributed by atoms with van der Waals surface area (Å²) in [5.41, 5.74) is 0. The van der Waals surface area contributed by atoms with E-state index < -0.39 is 0 Å². The number of anilines is 1. The van der Waals surface area contributed by atoms with Gasteiger partial charge in [-0.3, -0.25) is 0 Å². The van der Waals surface area contributed by atoms with Crippen LogP contribution < -0.4 is 4.90 Å². The summed E-state index contributed by atoms with van der Waals surface area (Å²) in [5, 5.41) is 4.29. The Balaban J connectivity index is 1.84. The van der Waals surface area contributed by atoms with Crippen LogP contribution >= 0.6 is 11.6 Å². The molecule has 21 heavy (non-hydrogen) atoms. The average molecular weight is 309 g/mol. The molecule has 1 aliphatic heterocycles. The van der Waals surface area contributed by atoms with Gasteiger partial charge in [0.2, 0.25) is 11.2 Å². The summed E-state index contributed by atoms with van der Waals surface area (Å²) in [7, 11) is 0. The topological polar surface area (TPSA) is 69.0 Å². The van der Waals surface area contributed by atoms with E-state index in [4.69, 9.17) is 16.3 Å². The number of piperidine rings is 1. The second-order valence-electron chi connectivity index (χ2n) is 4.82. The Morgan fingerprint density at radius 3 is 2.95 bits per heavy atom. The SMILES string of the molecule is CCOC1CCCN(c2nc(Cl)nc(-n3cccn3)n2)C1. The highest BCUT2D eigenvalue weighted by atomic mass is 35.5. The third kappa shape index (κ3) is 3.30. The molecule has 0 aliphatic carbocycles. The number of aromatic nitrogens is 5. The molecule has 0 spiro atoms. The minimum atomic E-state index is 0.170. The van der Waals surface area contributed by atoms with Gasteiger partial charge in [-0.05, 0) is 37.4 Å². The average Bonchev–Trinajstić information content (AvgIpc) is 3.01. The predicted molar refractivity (Wildman–Crippen MR) is 78.8 cm³/mol. The standard InChI is InChI=1S/C13H17ClN6O/c1-2-21-10-5-3-7-19(9-10)12-16-11(14)17-13(18-12)20-8-4-6-15-20/h4,6,8,10H,2-3,5,7,9H2,1H3. The van der Waals surface area contributed by atoms with E-state index >= 15 is 0 Å². The largest absolute Gasteiger partial charge is 0.377 e. The van der Waals surface area contributed by atoms with Crippen LogP contribution in [0.5, 0.6) is 0 Å². The fourth-order valence-electron chi connectivity index (χ4n) is 2.45. The molecular formula is C13H17ClN6O. The first-order chi connectivity index (χ1) is 10.3.